The lowest BCUT2D eigenvalue weighted by Gasteiger charge is -2.14. The molecule has 0 saturated carbocycles. The number of halogens is 2. The first kappa shape index (κ1) is 16.0. The van der Waals surface area contributed by atoms with Crippen molar-refractivity contribution in [3.8, 4) is 0 Å². The van der Waals surface area contributed by atoms with E-state index < -0.39 is 6.43 Å². The van der Waals surface area contributed by atoms with Gasteiger partial charge in [0.25, 0.3) is 0 Å². The number of alkyl halides is 2. The smallest absolute Gasteiger partial charge is 0.239 e. The second kappa shape index (κ2) is 7.07. The van der Waals surface area contributed by atoms with Gasteiger partial charge in [0.15, 0.2) is 0 Å². The van der Waals surface area contributed by atoms with E-state index in [1.165, 1.54) is 6.20 Å². The third-order valence-corrected chi connectivity index (χ3v) is 3.26. The van der Waals surface area contributed by atoms with Crippen molar-refractivity contribution in [2.45, 2.75) is 19.3 Å². The summed E-state index contributed by atoms with van der Waals surface area (Å²) >= 11 is 0. The van der Waals surface area contributed by atoms with E-state index in [2.05, 4.69) is 16.9 Å². The molecule has 0 aliphatic carbocycles. The highest BCUT2D eigenvalue weighted by Gasteiger charge is 2.11. The van der Waals surface area contributed by atoms with Crippen LogP contribution < -0.4 is 16.5 Å². The summed E-state index contributed by atoms with van der Waals surface area (Å²) in [6.07, 6.45) is -0.932. The number of rotatable bonds is 6. The van der Waals surface area contributed by atoms with Crippen molar-refractivity contribution in [3.05, 3.63) is 54.4 Å². The Hall–Kier alpha value is -2.37. The fourth-order valence-electron chi connectivity index (χ4n) is 2.09. The summed E-state index contributed by atoms with van der Waals surface area (Å²) in [7, 11) is 2.00. The van der Waals surface area contributed by atoms with Crippen LogP contribution in [0.4, 0.5) is 20.2 Å². The monoisotopic (exact) mass is 301 g/mol. The molecule has 6 heteroatoms. The minimum Gasteiger partial charge on any atom is -0.397 e. The standard InChI is InChI=1S/C16H18BF2N3/c1-10(22-13-4-2-11(17)3-5-13)14-8-12(20)9-21-15(14)6-7-16(18)19/h2-5,8-9,16,22H,1,6-7,17,20H2. The second-order valence-electron chi connectivity index (χ2n) is 5.16. The van der Waals surface area contributed by atoms with Crippen molar-refractivity contribution in [2.24, 2.45) is 0 Å². The van der Waals surface area contributed by atoms with E-state index in [-0.39, 0.29) is 12.8 Å². The molecular formula is C16H18BF2N3. The quantitative estimate of drug-likeness (QED) is 0.804. The van der Waals surface area contributed by atoms with Gasteiger partial charge in [-0.05, 0) is 24.6 Å². The molecule has 2 rings (SSSR count). The number of hydrogen-bond donors (Lipinski definition) is 2. The molecule has 0 fully saturated rings. The van der Waals surface area contributed by atoms with Gasteiger partial charge in [0, 0.05) is 29.1 Å². The van der Waals surface area contributed by atoms with Gasteiger partial charge < -0.3 is 11.1 Å². The molecule has 0 saturated heterocycles. The first-order chi connectivity index (χ1) is 10.5. The fraction of sp³-hybridized carbons (Fsp3) is 0.188. The molecule has 0 bridgehead atoms. The number of hydrogen-bond acceptors (Lipinski definition) is 3. The number of aromatic nitrogens is 1. The van der Waals surface area contributed by atoms with Crippen LogP contribution >= 0.6 is 0 Å². The minimum absolute atomic E-state index is 0.182. The van der Waals surface area contributed by atoms with Crippen molar-refractivity contribution >= 4 is 30.4 Å². The average Bonchev–Trinajstić information content (AvgIpc) is 2.48. The number of anilines is 2. The second-order valence-corrected chi connectivity index (χ2v) is 5.16. The molecule has 0 unspecified atom stereocenters. The van der Waals surface area contributed by atoms with Gasteiger partial charge in [-0.3, -0.25) is 4.98 Å². The Labute approximate surface area is 129 Å². The van der Waals surface area contributed by atoms with Crippen molar-refractivity contribution in [2.75, 3.05) is 11.1 Å². The number of aryl methyl sites for hydroxylation is 1. The Morgan fingerprint density at radius 3 is 2.64 bits per heavy atom. The van der Waals surface area contributed by atoms with Gasteiger partial charge in [-0.1, -0.05) is 24.2 Å². The third kappa shape index (κ3) is 4.31. The summed E-state index contributed by atoms with van der Waals surface area (Å²) in [5.74, 6) is 0. The summed E-state index contributed by atoms with van der Waals surface area (Å²) in [6, 6.07) is 9.52. The number of nitrogens with zero attached hydrogens (tertiary/aromatic N) is 1. The lowest BCUT2D eigenvalue weighted by atomic mass is 9.96. The van der Waals surface area contributed by atoms with E-state index in [9.17, 15) is 8.78 Å². The summed E-state index contributed by atoms with van der Waals surface area (Å²) < 4.78 is 24.9. The summed E-state index contributed by atoms with van der Waals surface area (Å²) in [5.41, 5.74) is 10.1. The predicted octanol–water partition coefficient (Wildman–Crippen LogP) is 2.20. The third-order valence-electron chi connectivity index (χ3n) is 3.26. The Morgan fingerprint density at radius 2 is 2.00 bits per heavy atom. The normalized spacial score (nSPS) is 10.7. The van der Waals surface area contributed by atoms with Gasteiger partial charge >= 0.3 is 0 Å². The van der Waals surface area contributed by atoms with Crippen LogP contribution in [0, 0.1) is 0 Å². The number of nitrogens with two attached hydrogens (primary N) is 1. The lowest BCUT2D eigenvalue weighted by Crippen LogP contribution is -2.07. The fourth-order valence-corrected chi connectivity index (χ4v) is 2.09. The number of nitrogens with one attached hydrogen (secondary N) is 1. The highest BCUT2D eigenvalue weighted by atomic mass is 19.3. The molecule has 114 valence electrons. The highest BCUT2D eigenvalue weighted by molar-refractivity contribution is 6.32. The van der Waals surface area contributed by atoms with E-state index in [0.717, 1.165) is 11.2 Å². The van der Waals surface area contributed by atoms with Crippen molar-refractivity contribution in [1.82, 2.24) is 4.98 Å². The van der Waals surface area contributed by atoms with Gasteiger partial charge in [-0.2, -0.15) is 0 Å². The molecule has 0 aliphatic rings. The van der Waals surface area contributed by atoms with Gasteiger partial charge in [-0.25, -0.2) is 8.78 Å². The number of benzene rings is 1. The molecule has 1 heterocycles. The Morgan fingerprint density at radius 1 is 1.32 bits per heavy atom. The largest absolute Gasteiger partial charge is 0.397 e. The van der Waals surface area contributed by atoms with Crippen LogP contribution in [0.15, 0.2) is 43.1 Å². The number of nitrogen functional groups attached to an aromatic ring is 1. The Bertz CT molecular complexity index is 657. The molecule has 1 aromatic heterocycles. The topological polar surface area (TPSA) is 50.9 Å². The molecule has 2 aromatic rings. The summed E-state index contributed by atoms with van der Waals surface area (Å²) in [4.78, 5) is 4.17. The van der Waals surface area contributed by atoms with Crippen LogP contribution in [0.2, 0.25) is 0 Å². The molecule has 0 atom stereocenters. The molecule has 3 nitrogen and oxygen atoms in total. The van der Waals surface area contributed by atoms with Gasteiger partial charge in [0.05, 0.1) is 11.9 Å². The van der Waals surface area contributed by atoms with Crippen LogP contribution in [0.3, 0.4) is 0 Å². The molecule has 0 spiro atoms. The minimum atomic E-state index is -2.36. The Balaban J connectivity index is 2.20. The highest BCUT2D eigenvalue weighted by Crippen LogP contribution is 2.22. The summed E-state index contributed by atoms with van der Waals surface area (Å²) in [5, 5.41) is 3.16. The van der Waals surface area contributed by atoms with Crippen molar-refractivity contribution < 1.29 is 8.78 Å². The SMILES string of the molecule is Bc1ccc(NC(=C)c2cc(N)cnc2CCC(F)F)cc1. The average molecular weight is 301 g/mol. The molecule has 0 aliphatic heterocycles. The molecule has 3 N–H and O–H groups in total. The number of pyridine rings is 1. The molecular weight excluding hydrogens is 283 g/mol. The maximum Gasteiger partial charge on any atom is 0.239 e. The zero-order valence-corrected chi connectivity index (χ0v) is 12.4. The van der Waals surface area contributed by atoms with Crippen LogP contribution in [0.1, 0.15) is 17.7 Å². The maximum atomic E-state index is 12.4. The molecule has 0 amide bonds. The first-order valence-corrected chi connectivity index (χ1v) is 7.01. The zero-order valence-electron chi connectivity index (χ0n) is 12.4. The zero-order chi connectivity index (χ0) is 16.1. The van der Waals surface area contributed by atoms with Crippen LogP contribution in [-0.2, 0) is 6.42 Å². The maximum absolute atomic E-state index is 12.4. The van der Waals surface area contributed by atoms with E-state index in [1.54, 1.807) is 6.07 Å². The van der Waals surface area contributed by atoms with E-state index >= 15 is 0 Å². The Kier molecular flexibility index (Phi) is 5.14. The van der Waals surface area contributed by atoms with E-state index in [1.807, 2.05) is 32.1 Å². The van der Waals surface area contributed by atoms with Crippen LogP contribution in [0.25, 0.3) is 5.70 Å². The van der Waals surface area contributed by atoms with E-state index in [0.29, 0.717) is 22.6 Å². The van der Waals surface area contributed by atoms with Gasteiger partial charge in [0.2, 0.25) is 6.43 Å². The molecule has 22 heavy (non-hydrogen) atoms. The first-order valence-electron chi connectivity index (χ1n) is 7.01. The predicted molar refractivity (Wildman–Crippen MR) is 90.3 cm³/mol. The van der Waals surface area contributed by atoms with Gasteiger partial charge in [0.1, 0.15) is 7.85 Å². The van der Waals surface area contributed by atoms with Crippen molar-refractivity contribution in [3.63, 3.8) is 0 Å². The van der Waals surface area contributed by atoms with Crippen LogP contribution in [-0.4, -0.2) is 19.3 Å². The van der Waals surface area contributed by atoms with Gasteiger partial charge in [-0.15, -0.1) is 0 Å². The molecule has 0 radical (unpaired) electrons. The van der Waals surface area contributed by atoms with Crippen molar-refractivity contribution in [1.29, 1.82) is 0 Å². The van der Waals surface area contributed by atoms with E-state index in [4.69, 9.17) is 5.73 Å². The summed E-state index contributed by atoms with van der Waals surface area (Å²) in [6.45, 7) is 3.98. The molecule has 1 aromatic carbocycles. The lowest BCUT2D eigenvalue weighted by molar-refractivity contribution is 0.137. The van der Waals surface area contributed by atoms with Crippen LogP contribution in [0.5, 0.6) is 0 Å².